The third-order valence-corrected chi connectivity index (χ3v) is 2.02. The first kappa shape index (κ1) is 9.59. The molecule has 0 N–H and O–H groups in total. The van der Waals surface area contributed by atoms with Gasteiger partial charge in [0.15, 0.2) is 0 Å². The lowest BCUT2D eigenvalue weighted by molar-refractivity contribution is 0.583. The Hall–Kier alpha value is -1.96. The number of halogens is 1. The molecule has 0 unspecified atom stereocenters. The third kappa shape index (κ3) is 2.74. The topological polar surface area (TPSA) is 12.9 Å². The van der Waals surface area contributed by atoms with Crippen LogP contribution >= 0.6 is 0 Å². The van der Waals surface area contributed by atoms with Crippen LogP contribution in [0.4, 0.5) is 4.39 Å². The first-order valence-corrected chi connectivity index (χ1v) is 4.69. The quantitative estimate of drug-likeness (QED) is 0.675. The second-order valence-corrected chi connectivity index (χ2v) is 3.16. The number of nitrogens with zero attached hydrogens (tertiary/aromatic N) is 1. The molecule has 0 atom stereocenters. The fraction of sp³-hybridized carbons (Fsp3) is 0. The third-order valence-electron chi connectivity index (χ3n) is 2.02. The molecule has 0 radical (unpaired) electrons. The van der Waals surface area contributed by atoms with Crippen molar-refractivity contribution in [1.82, 2.24) is 4.98 Å². The summed E-state index contributed by atoms with van der Waals surface area (Å²) in [5, 5.41) is 0. The van der Waals surface area contributed by atoms with Gasteiger partial charge in [0.2, 0.25) is 5.95 Å². The van der Waals surface area contributed by atoms with Crippen LogP contribution in [-0.4, -0.2) is 4.98 Å². The van der Waals surface area contributed by atoms with Gasteiger partial charge in [-0.2, -0.15) is 4.39 Å². The molecule has 0 saturated carbocycles. The Kier molecular flexibility index (Phi) is 2.88. The second kappa shape index (κ2) is 4.51. The molecule has 0 fully saturated rings. The number of hydrogen-bond donors (Lipinski definition) is 0. The van der Waals surface area contributed by atoms with Gasteiger partial charge in [-0.15, -0.1) is 0 Å². The molecular formula is C13H10FN. The minimum Gasteiger partial charge on any atom is -0.228 e. The van der Waals surface area contributed by atoms with Gasteiger partial charge in [-0.05, 0) is 23.3 Å². The van der Waals surface area contributed by atoms with E-state index in [1.54, 1.807) is 6.07 Å². The van der Waals surface area contributed by atoms with Crippen LogP contribution in [0, 0.1) is 5.95 Å². The Bertz CT molecular complexity index is 446. The van der Waals surface area contributed by atoms with Crippen molar-refractivity contribution in [2.45, 2.75) is 0 Å². The van der Waals surface area contributed by atoms with Crippen LogP contribution in [0.25, 0.3) is 12.2 Å². The van der Waals surface area contributed by atoms with Crippen molar-refractivity contribution >= 4 is 12.2 Å². The highest BCUT2D eigenvalue weighted by atomic mass is 19.1. The van der Waals surface area contributed by atoms with Crippen molar-refractivity contribution in [3.8, 4) is 0 Å². The van der Waals surface area contributed by atoms with Gasteiger partial charge in [0.1, 0.15) is 0 Å². The van der Waals surface area contributed by atoms with E-state index < -0.39 is 5.95 Å². The van der Waals surface area contributed by atoms with E-state index in [2.05, 4.69) is 4.98 Å². The summed E-state index contributed by atoms with van der Waals surface area (Å²) in [5.74, 6) is -0.452. The molecule has 0 aliphatic heterocycles. The average Bonchev–Trinajstić information content (AvgIpc) is 2.30. The zero-order valence-corrected chi connectivity index (χ0v) is 8.10. The molecule has 74 valence electrons. The number of hydrogen-bond acceptors (Lipinski definition) is 1. The summed E-state index contributed by atoms with van der Waals surface area (Å²) in [6.45, 7) is 0. The average molecular weight is 199 g/mol. The normalized spacial score (nSPS) is 10.7. The maximum Gasteiger partial charge on any atom is 0.212 e. The standard InChI is InChI=1S/C13H10FN/c14-13-9-8-12(10-15-13)7-6-11-4-2-1-3-5-11/h1-10H/b7-6+. The van der Waals surface area contributed by atoms with Gasteiger partial charge in [-0.25, -0.2) is 4.98 Å². The molecule has 2 rings (SSSR count). The molecule has 1 heterocycles. The number of pyridine rings is 1. The van der Waals surface area contributed by atoms with Crippen molar-refractivity contribution in [1.29, 1.82) is 0 Å². The number of rotatable bonds is 2. The molecule has 2 aromatic rings. The van der Waals surface area contributed by atoms with Gasteiger partial charge in [-0.1, -0.05) is 42.5 Å². The molecule has 0 saturated heterocycles. The van der Waals surface area contributed by atoms with Crippen molar-refractivity contribution in [3.05, 3.63) is 65.7 Å². The Morgan fingerprint density at radius 2 is 1.60 bits per heavy atom. The Morgan fingerprint density at radius 1 is 0.867 bits per heavy atom. The number of aromatic nitrogens is 1. The predicted octanol–water partition coefficient (Wildman–Crippen LogP) is 3.39. The molecule has 0 bridgehead atoms. The van der Waals surface area contributed by atoms with Crippen molar-refractivity contribution in [2.75, 3.05) is 0 Å². The van der Waals surface area contributed by atoms with Crippen LogP contribution in [0.1, 0.15) is 11.1 Å². The minimum atomic E-state index is -0.452. The molecule has 0 aliphatic rings. The molecule has 1 nitrogen and oxygen atoms in total. The molecule has 0 spiro atoms. The molecule has 0 aliphatic carbocycles. The summed E-state index contributed by atoms with van der Waals surface area (Å²) >= 11 is 0. The van der Waals surface area contributed by atoms with Gasteiger partial charge in [0.25, 0.3) is 0 Å². The number of benzene rings is 1. The molecular weight excluding hydrogens is 189 g/mol. The SMILES string of the molecule is Fc1ccc(/C=C/c2ccccc2)cn1. The summed E-state index contributed by atoms with van der Waals surface area (Å²) in [4.78, 5) is 3.57. The largest absolute Gasteiger partial charge is 0.228 e. The minimum absolute atomic E-state index is 0.452. The Balaban J connectivity index is 2.15. The molecule has 2 heteroatoms. The highest BCUT2D eigenvalue weighted by Gasteiger charge is 1.90. The first-order chi connectivity index (χ1) is 7.34. The van der Waals surface area contributed by atoms with Crippen LogP contribution in [0.15, 0.2) is 48.7 Å². The van der Waals surface area contributed by atoms with E-state index in [1.165, 1.54) is 12.3 Å². The van der Waals surface area contributed by atoms with E-state index in [9.17, 15) is 4.39 Å². The van der Waals surface area contributed by atoms with E-state index in [-0.39, 0.29) is 0 Å². The van der Waals surface area contributed by atoms with E-state index in [4.69, 9.17) is 0 Å². The van der Waals surface area contributed by atoms with E-state index >= 15 is 0 Å². The second-order valence-electron chi connectivity index (χ2n) is 3.16. The van der Waals surface area contributed by atoms with E-state index in [0.717, 1.165) is 11.1 Å². The molecule has 15 heavy (non-hydrogen) atoms. The van der Waals surface area contributed by atoms with Crippen LogP contribution in [0.3, 0.4) is 0 Å². The fourth-order valence-corrected chi connectivity index (χ4v) is 1.24. The zero-order chi connectivity index (χ0) is 10.5. The lowest BCUT2D eigenvalue weighted by Gasteiger charge is -1.93. The van der Waals surface area contributed by atoms with Gasteiger partial charge in [0.05, 0.1) is 0 Å². The van der Waals surface area contributed by atoms with Crippen molar-refractivity contribution in [2.24, 2.45) is 0 Å². The summed E-state index contributed by atoms with van der Waals surface area (Å²) < 4.78 is 12.5. The summed E-state index contributed by atoms with van der Waals surface area (Å²) in [7, 11) is 0. The first-order valence-electron chi connectivity index (χ1n) is 4.69. The van der Waals surface area contributed by atoms with E-state index in [0.29, 0.717) is 0 Å². The maximum atomic E-state index is 12.5. The van der Waals surface area contributed by atoms with Gasteiger partial charge < -0.3 is 0 Å². The van der Waals surface area contributed by atoms with Gasteiger partial charge in [0, 0.05) is 6.20 Å². The van der Waals surface area contributed by atoms with Crippen LogP contribution in [0.2, 0.25) is 0 Å². The molecule has 1 aromatic heterocycles. The fourth-order valence-electron chi connectivity index (χ4n) is 1.24. The lowest BCUT2D eigenvalue weighted by atomic mass is 10.2. The predicted molar refractivity (Wildman–Crippen MR) is 59.6 cm³/mol. The summed E-state index contributed by atoms with van der Waals surface area (Å²) in [5.41, 5.74) is 2.00. The highest BCUT2D eigenvalue weighted by molar-refractivity contribution is 5.68. The van der Waals surface area contributed by atoms with Gasteiger partial charge >= 0.3 is 0 Å². The molecule has 0 amide bonds. The highest BCUT2D eigenvalue weighted by Crippen LogP contribution is 2.07. The van der Waals surface area contributed by atoms with Crippen LogP contribution < -0.4 is 0 Å². The zero-order valence-electron chi connectivity index (χ0n) is 8.10. The Labute approximate surface area is 87.9 Å². The van der Waals surface area contributed by atoms with Crippen LogP contribution in [-0.2, 0) is 0 Å². The van der Waals surface area contributed by atoms with Gasteiger partial charge in [-0.3, -0.25) is 0 Å². The lowest BCUT2D eigenvalue weighted by Crippen LogP contribution is -1.80. The smallest absolute Gasteiger partial charge is 0.212 e. The van der Waals surface area contributed by atoms with Crippen LogP contribution in [0.5, 0.6) is 0 Å². The Morgan fingerprint density at radius 3 is 2.27 bits per heavy atom. The summed E-state index contributed by atoms with van der Waals surface area (Å²) in [6, 6.07) is 13.0. The van der Waals surface area contributed by atoms with Crippen molar-refractivity contribution in [3.63, 3.8) is 0 Å². The monoisotopic (exact) mass is 199 g/mol. The summed E-state index contributed by atoms with van der Waals surface area (Å²) in [6.07, 6.45) is 5.38. The van der Waals surface area contributed by atoms with E-state index in [1.807, 2.05) is 42.5 Å². The molecule has 1 aromatic carbocycles. The van der Waals surface area contributed by atoms with Crippen molar-refractivity contribution < 1.29 is 4.39 Å². The maximum absolute atomic E-state index is 12.5.